The Morgan fingerprint density at radius 2 is 1.78 bits per heavy atom. The highest BCUT2D eigenvalue weighted by atomic mass is 19.4. The lowest BCUT2D eigenvalue weighted by Gasteiger charge is -2.22. The molecule has 212 valence electrons. The lowest BCUT2D eigenvalue weighted by molar-refractivity contribution is -0.274. The highest BCUT2D eigenvalue weighted by Crippen LogP contribution is 2.41. The second-order valence-electron chi connectivity index (χ2n) is 8.72. The van der Waals surface area contributed by atoms with E-state index in [1.165, 1.54) is 18.3 Å². The molecule has 0 aliphatic heterocycles. The Labute approximate surface area is 230 Å². The van der Waals surface area contributed by atoms with Crippen LogP contribution in [0.1, 0.15) is 45.7 Å². The van der Waals surface area contributed by atoms with Gasteiger partial charge in [-0.1, -0.05) is 6.08 Å². The topological polar surface area (TPSA) is 153 Å². The van der Waals surface area contributed by atoms with Crippen LogP contribution in [-0.4, -0.2) is 47.1 Å². The van der Waals surface area contributed by atoms with Gasteiger partial charge in [0.2, 0.25) is 7.85 Å². The van der Waals surface area contributed by atoms with Crippen molar-refractivity contribution in [2.75, 3.05) is 5.32 Å². The van der Waals surface area contributed by atoms with E-state index in [1.54, 1.807) is 0 Å². The highest BCUT2D eigenvalue weighted by Gasteiger charge is 2.32. The number of benzene rings is 2. The number of anilines is 1. The lowest BCUT2D eigenvalue weighted by Crippen LogP contribution is -2.35. The number of rotatable bonds is 9. The molecule has 1 aromatic heterocycles. The molecule has 10 nitrogen and oxygen atoms in total. The molecule has 5 N–H and O–H groups in total. The van der Waals surface area contributed by atoms with E-state index < -0.39 is 58.4 Å². The molecule has 41 heavy (non-hydrogen) atoms. The zero-order chi connectivity index (χ0) is 29.9. The zero-order valence-corrected chi connectivity index (χ0v) is 20.9. The number of nitrogens with zero attached hydrogens (tertiary/aromatic N) is 1. The third kappa shape index (κ3) is 7.73. The predicted molar refractivity (Wildman–Crippen MR) is 136 cm³/mol. The molecule has 0 atom stereocenters. The quantitative estimate of drug-likeness (QED) is 0.171. The molecule has 1 aliphatic rings. The van der Waals surface area contributed by atoms with Crippen molar-refractivity contribution < 1.29 is 51.6 Å². The van der Waals surface area contributed by atoms with E-state index in [2.05, 4.69) is 15.0 Å². The minimum Gasteiger partial charge on any atom is -0.452 e. The molecule has 0 unspecified atom stereocenters. The van der Waals surface area contributed by atoms with E-state index in [0.717, 1.165) is 42.7 Å². The van der Waals surface area contributed by atoms with Gasteiger partial charge in [0.15, 0.2) is 11.5 Å². The van der Waals surface area contributed by atoms with Crippen molar-refractivity contribution in [3.8, 4) is 23.0 Å². The van der Waals surface area contributed by atoms with E-state index in [1.807, 2.05) is 6.08 Å². The SMILES string of the molecule is [B]C(O)(O)Oc1cc(OC(F)(F)F)ccc1Oc1cc(C2=CCCC2)cc(F)c1C(=O)Nc1ccnc(C(N)=O)c1. The molecule has 0 saturated carbocycles. The molecular weight excluding hydrogens is 553 g/mol. The van der Waals surface area contributed by atoms with Crippen LogP contribution in [0.3, 0.4) is 0 Å². The monoisotopic (exact) mass is 573 g/mol. The number of aliphatic hydroxyl groups is 2. The molecule has 1 aliphatic carbocycles. The van der Waals surface area contributed by atoms with Crippen molar-refractivity contribution >= 4 is 30.9 Å². The molecule has 2 radical (unpaired) electrons. The number of nitrogens with one attached hydrogen (secondary N) is 1. The summed E-state index contributed by atoms with van der Waals surface area (Å²) in [6.07, 6.45) is 0.124. The normalized spacial score (nSPS) is 13.4. The maximum absolute atomic E-state index is 15.5. The number of allylic oxidation sites excluding steroid dienone is 2. The number of ether oxygens (including phenoxy) is 3. The number of alkyl halides is 3. The number of hydrogen-bond acceptors (Lipinski definition) is 8. The fourth-order valence-corrected chi connectivity index (χ4v) is 3.97. The summed E-state index contributed by atoms with van der Waals surface area (Å²) in [6.45, 7) is 0. The van der Waals surface area contributed by atoms with Gasteiger partial charge in [-0.3, -0.25) is 14.6 Å². The standard InChI is InChI=1S/C26H20BF4N3O7/c27-25(37,38)41-20-12-16(40-26(29,30)31)5-6-19(20)39-21-10-14(13-3-1-2-4-13)9-17(28)22(21)24(36)34-15-7-8-33-18(11-15)23(32)35/h3,5-12,37-38H,1-2,4H2,(H2,32,35)(H,33,34,36). The zero-order valence-electron chi connectivity index (χ0n) is 20.9. The molecule has 0 fully saturated rings. The summed E-state index contributed by atoms with van der Waals surface area (Å²) in [5.41, 5.74) is 5.56. The summed E-state index contributed by atoms with van der Waals surface area (Å²) in [5.74, 6) is -8.79. The fraction of sp³-hybridized carbons (Fsp3) is 0.192. The first-order valence-corrected chi connectivity index (χ1v) is 11.8. The van der Waals surface area contributed by atoms with Gasteiger partial charge in [-0.25, -0.2) is 4.39 Å². The maximum atomic E-state index is 15.5. The number of primary amides is 1. The summed E-state index contributed by atoms with van der Waals surface area (Å²) in [7, 11) is 5.04. The van der Waals surface area contributed by atoms with Crippen molar-refractivity contribution in [2.45, 2.75) is 31.5 Å². The molecule has 0 saturated heterocycles. The Morgan fingerprint density at radius 3 is 2.41 bits per heavy atom. The van der Waals surface area contributed by atoms with Crippen LogP contribution in [0.25, 0.3) is 5.57 Å². The van der Waals surface area contributed by atoms with Gasteiger partial charge >= 0.3 is 6.36 Å². The first-order valence-electron chi connectivity index (χ1n) is 11.8. The number of carbonyl (C=O) groups is 2. The largest absolute Gasteiger partial charge is 0.573 e. The van der Waals surface area contributed by atoms with Crippen LogP contribution in [-0.2, 0) is 0 Å². The van der Waals surface area contributed by atoms with E-state index >= 15 is 4.39 Å². The van der Waals surface area contributed by atoms with Crippen molar-refractivity contribution in [3.63, 3.8) is 0 Å². The van der Waals surface area contributed by atoms with E-state index in [9.17, 15) is 33.0 Å². The molecule has 0 spiro atoms. The minimum absolute atomic E-state index is 0.0397. The second-order valence-corrected chi connectivity index (χ2v) is 8.72. The van der Waals surface area contributed by atoms with Crippen LogP contribution in [0.4, 0.5) is 23.2 Å². The molecule has 2 aromatic carbocycles. The Morgan fingerprint density at radius 1 is 1.02 bits per heavy atom. The van der Waals surface area contributed by atoms with Crippen molar-refractivity contribution in [2.24, 2.45) is 5.73 Å². The van der Waals surface area contributed by atoms with Crippen LogP contribution in [0.2, 0.25) is 0 Å². The lowest BCUT2D eigenvalue weighted by atomic mass is 10.0. The third-order valence-corrected chi connectivity index (χ3v) is 5.59. The maximum Gasteiger partial charge on any atom is 0.573 e. The number of hydrogen-bond donors (Lipinski definition) is 4. The third-order valence-electron chi connectivity index (χ3n) is 5.59. The average Bonchev–Trinajstić information content (AvgIpc) is 3.39. The summed E-state index contributed by atoms with van der Waals surface area (Å²) < 4.78 is 68.0. The van der Waals surface area contributed by atoms with Gasteiger partial charge in [0.1, 0.15) is 28.6 Å². The molecular formula is C26H20BF4N3O7. The summed E-state index contributed by atoms with van der Waals surface area (Å²) >= 11 is 0. The van der Waals surface area contributed by atoms with E-state index in [0.29, 0.717) is 18.1 Å². The smallest absolute Gasteiger partial charge is 0.452 e. The van der Waals surface area contributed by atoms with Crippen LogP contribution in [0.15, 0.2) is 54.7 Å². The van der Waals surface area contributed by atoms with Gasteiger partial charge in [0.25, 0.3) is 17.7 Å². The molecule has 4 rings (SSSR count). The number of pyridine rings is 1. The average molecular weight is 573 g/mol. The van der Waals surface area contributed by atoms with Gasteiger partial charge in [0, 0.05) is 18.0 Å². The van der Waals surface area contributed by atoms with Gasteiger partial charge < -0.3 is 35.5 Å². The van der Waals surface area contributed by atoms with Crippen molar-refractivity contribution in [1.29, 1.82) is 0 Å². The van der Waals surface area contributed by atoms with E-state index in [-0.39, 0.29) is 11.4 Å². The fourth-order valence-electron chi connectivity index (χ4n) is 3.97. The molecule has 0 bridgehead atoms. The number of amides is 2. The Hall–Kier alpha value is -4.63. The molecule has 3 aromatic rings. The van der Waals surface area contributed by atoms with Crippen LogP contribution in [0, 0.1) is 5.82 Å². The van der Waals surface area contributed by atoms with Gasteiger partial charge in [-0.05, 0) is 66.8 Å². The van der Waals surface area contributed by atoms with Crippen LogP contribution < -0.4 is 25.3 Å². The molecule has 1 heterocycles. The Bertz CT molecular complexity index is 1520. The van der Waals surface area contributed by atoms with Gasteiger partial charge in [0.05, 0.1) is 0 Å². The van der Waals surface area contributed by atoms with Crippen molar-refractivity contribution in [3.05, 3.63) is 77.4 Å². The van der Waals surface area contributed by atoms with Crippen LogP contribution in [0.5, 0.6) is 23.0 Å². The number of nitrogens with two attached hydrogens (primary N) is 1. The predicted octanol–water partition coefficient (Wildman–Crippen LogP) is 3.97. The molecule has 15 heteroatoms. The van der Waals surface area contributed by atoms with Gasteiger partial charge in [-0.15, -0.1) is 13.2 Å². The Kier molecular flexibility index (Phi) is 8.21. The summed E-state index contributed by atoms with van der Waals surface area (Å²) in [6, 6.07) is 7.22. The highest BCUT2D eigenvalue weighted by molar-refractivity contribution is 6.12. The van der Waals surface area contributed by atoms with Gasteiger partial charge in [-0.2, -0.15) is 0 Å². The Balaban J connectivity index is 1.78. The number of aromatic nitrogens is 1. The first-order chi connectivity index (χ1) is 19.2. The van der Waals surface area contributed by atoms with Crippen molar-refractivity contribution in [1.82, 2.24) is 4.98 Å². The number of carbonyl (C=O) groups excluding carboxylic acids is 2. The van der Waals surface area contributed by atoms with E-state index in [4.69, 9.17) is 23.1 Å². The second kappa shape index (κ2) is 11.5. The minimum atomic E-state index is -5.10. The first kappa shape index (κ1) is 29.4. The molecule has 2 amide bonds. The summed E-state index contributed by atoms with van der Waals surface area (Å²) in [5, 5.41) is 21.4. The number of halogens is 4. The van der Waals surface area contributed by atoms with Crippen LogP contribution >= 0.6 is 0 Å². The summed E-state index contributed by atoms with van der Waals surface area (Å²) in [4.78, 5) is 28.4.